The summed E-state index contributed by atoms with van der Waals surface area (Å²) in [6.45, 7) is 1.34. The highest BCUT2D eigenvalue weighted by molar-refractivity contribution is 6.03. The van der Waals surface area contributed by atoms with Gasteiger partial charge in [-0.15, -0.1) is 0 Å². The summed E-state index contributed by atoms with van der Waals surface area (Å²) < 4.78 is 73.3. The summed E-state index contributed by atoms with van der Waals surface area (Å²) >= 11 is 0. The van der Waals surface area contributed by atoms with Crippen LogP contribution in [0.25, 0.3) is 11.4 Å². The average molecular weight is 564 g/mol. The molecule has 0 bridgehead atoms. The normalized spacial score (nSPS) is 12.1. The average Bonchev–Trinajstić information content (AvgIpc) is 3.24. The molecule has 12 nitrogen and oxygen atoms in total. The monoisotopic (exact) mass is 564 g/mol. The van der Waals surface area contributed by atoms with Crippen molar-refractivity contribution in [2.24, 2.45) is 14.1 Å². The van der Waals surface area contributed by atoms with Crippen molar-refractivity contribution in [2.75, 3.05) is 10.6 Å². The minimum absolute atomic E-state index is 0.150. The number of hydrogen-bond acceptors (Lipinski definition) is 8. The number of hydrogen-bond donors (Lipinski definition) is 2. The topological polar surface area (TPSA) is 141 Å². The number of rotatable bonds is 6. The zero-order valence-corrected chi connectivity index (χ0v) is 20.9. The Balaban J connectivity index is 1.48. The molecule has 4 heterocycles. The van der Waals surface area contributed by atoms with Crippen LogP contribution in [0.1, 0.15) is 34.8 Å². The first-order valence-electron chi connectivity index (χ1n) is 11.2. The van der Waals surface area contributed by atoms with Crippen molar-refractivity contribution in [1.82, 2.24) is 29.7 Å². The molecule has 4 aromatic heterocycles. The van der Waals surface area contributed by atoms with E-state index >= 15 is 0 Å². The summed E-state index contributed by atoms with van der Waals surface area (Å²) in [4.78, 5) is 38.8. The highest BCUT2D eigenvalue weighted by Crippen LogP contribution is 2.27. The minimum atomic E-state index is -4.74. The number of nitrogens with zero attached hydrogens (tertiary/aromatic N) is 7. The summed E-state index contributed by atoms with van der Waals surface area (Å²) in [6, 6.07) is 0.866. The minimum Gasteiger partial charge on any atom is -0.441 e. The number of ether oxygens (including phenoxy) is 1. The molecular formula is C23H19F5N9O3+. The van der Waals surface area contributed by atoms with E-state index in [2.05, 4.69) is 35.7 Å². The molecule has 0 aromatic carbocycles. The molecule has 17 heteroatoms. The van der Waals surface area contributed by atoms with Crippen LogP contribution in [-0.4, -0.2) is 41.7 Å². The fourth-order valence-corrected chi connectivity index (χ4v) is 3.47. The number of anilines is 2. The third kappa shape index (κ3) is 6.13. The molecule has 0 aliphatic rings. The number of pyridine rings is 1. The highest BCUT2D eigenvalue weighted by Gasteiger charge is 2.34. The lowest BCUT2D eigenvalue weighted by Crippen LogP contribution is -2.33. The number of carbonyl (C=O) groups is 2. The van der Waals surface area contributed by atoms with E-state index in [4.69, 9.17) is 4.74 Å². The molecule has 4 aromatic rings. The van der Waals surface area contributed by atoms with Gasteiger partial charge in [-0.2, -0.15) is 22.7 Å². The summed E-state index contributed by atoms with van der Waals surface area (Å²) in [5.74, 6) is -3.50. The van der Waals surface area contributed by atoms with Gasteiger partial charge in [0.05, 0.1) is 30.6 Å². The first-order chi connectivity index (χ1) is 18.8. The van der Waals surface area contributed by atoms with E-state index in [9.17, 15) is 31.5 Å². The standard InChI is InChI=1S/C23H18F5N9O3/c1-11(15-4-13(24)7-29-17(15)25)40-22(39)35-19-16(9-33-37(19)3)18-30-8-14(10-36(18)2)34-20(38)12-5-31-21(32-6-12)23(26,27)28/h4-11H,1-3H3,(H,34,38)/p+1/t11-/m1/s1. The number of halogens is 5. The Hall–Kier alpha value is -5.09. The number of carbonyl (C=O) groups excluding carboxylic acids is 2. The molecule has 0 aliphatic carbocycles. The molecule has 0 aliphatic heterocycles. The van der Waals surface area contributed by atoms with Crippen LogP contribution in [0.5, 0.6) is 0 Å². The van der Waals surface area contributed by atoms with Crippen molar-refractivity contribution in [3.05, 3.63) is 72.0 Å². The quantitative estimate of drug-likeness (QED) is 0.206. The zero-order chi connectivity index (χ0) is 29.2. The smallest absolute Gasteiger partial charge is 0.441 e. The van der Waals surface area contributed by atoms with Crippen LogP contribution < -0.4 is 15.2 Å². The van der Waals surface area contributed by atoms with Crippen molar-refractivity contribution in [2.45, 2.75) is 19.2 Å². The number of aromatic nitrogens is 7. The summed E-state index contributed by atoms with van der Waals surface area (Å²) in [5.41, 5.74) is 0.0600. The zero-order valence-electron chi connectivity index (χ0n) is 20.9. The Kier molecular flexibility index (Phi) is 7.65. The third-order valence-corrected chi connectivity index (χ3v) is 5.37. The predicted molar refractivity (Wildman–Crippen MR) is 125 cm³/mol. The van der Waals surface area contributed by atoms with Crippen LogP contribution in [0.15, 0.2) is 43.2 Å². The van der Waals surface area contributed by atoms with Crippen molar-refractivity contribution in [3.8, 4) is 11.4 Å². The van der Waals surface area contributed by atoms with Crippen LogP contribution in [-0.2, 0) is 25.0 Å². The molecule has 0 saturated heterocycles. The van der Waals surface area contributed by atoms with E-state index in [1.54, 1.807) is 7.05 Å². The molecule has 0 spiro atoms. The van der Waals surface area contributed by atoms with Gasteiger partial charge in [0.2, 0.25) is 11.8 Å². The molecule has 1 atom stereocenters. The maximum absolute atomic E-state index is 13.9. The third-order valence-electron chi connectivity index (χ3n) is 5.37. The summed E-state index contributed by atoms with van der Waals surface area (Å²) in [5, 5.41) is 9.06. The number of aryl methyl sites for hydroxylation is 2. The lowest BCUT2D eigenvalue weighted by atomic mass is 10.2. The van der Waals surface area contributed by atoms with Gasteiger partial charge in [-0.3, -0.25) is 14.8 Å². The second-order valence-corrected chi connectivity index (χ2v) is 8.26. The van der Waals surface area contributed by atoms with E-state index in [0.29, 0.717) is 11.8 Å². The van der Waals surface area contributed by atoms with Crippen molar-refractivity contribution in [1.29, 1.82) is 0 Å². The van der Waals surface area contributed by atoms with Gasteiger partial charge in [0.25, 0.3) is 5.91 Å². The fourth-order valence-electron chi connectivity index (χ4n) is 3.47. The Bertz CT molecular complexity index is 1580. The Morgan fingerprint density at radius 2 is 1.73 bits per heavy atom. The molecule has 0 unspecified atom stereocenters. The molecule has 0 radical (unpaired) electrons. The van der Waals surface area contributed by atoms with E-state index < -0.39 is 41.9 Å². The molecule has 0 saturated carbocycles. The van der Waals surface area contributed by atoms with Crippen molar-refractivity contribution < 1.29 is 40.8 Å². The van der Waals surface area contributed by atoms with Gasteiger partial charge in [-0.25, -0.2) is 28.7 Å². The van der Waals surface area contributed by atoms with Gasteiger partial charge >= 0.3 is 18.1 Å². The van der Waals surface area contributed by atoms with Crippen LogP contribution >= 0.6 is 0 Å². The van der Waals surface area contributed by atoms with Gasteiger partial charge in [0.15, 0.2) is 6.20 Å². The Morgan fingerprint density at radius 3 is 2.38 bits per heavy atom. The van der Waals surface area contributed by atoms with E-state index in [1.165, 1.54) is 41.8 Å². The maximum atomic E-state index is 13.9. The van der Waals surface area contributed by atoms with Crippen LogP contribution in [0.2, 0.25) is 0 Å². The molecule has 4 rings (SSSR count). The van der Waals surface area contributed by atoms with Crippen molar-refractivity contribution in [3.63, 3.8) is 0 Å². The van der Waals surface area contributed by atoms with Gasteiger partial charge in [-0.1, -0.05) is 0 Å². The second-order valence-electron chi connectivity index (χ2n) is 8.26. The van der Waals surface area contributed by atoms with Crippen LogP contribution in [0, 0.1) is 11.8 Å². The van der Waals surface area contributed by atoms with Gasteiger partial charge in [0.1, 0.15) is 35.2 Å². The number of nitrogens with one attached hydrogen (secondary N) is 2. The van der Waals surface area contributed by atoms with Crippen LogP contribution in [0.3, 0.4) is 0 Å². The van der Waals surface area contributed by atoms with Gasteiger partial charge in [-0.05, 0) is 18.0 Å². The maximum Gasteiger partial charge on any atom is 0.451 e. The van der Waals surface area contributed by atoms with Gasteiger partial charge in [0, 0.05) is 19.4 Å². The summed E-state index contributed by atoms with van der Waals surface area (Å²) in [7, 11) is 3.11. The van der Waals surface area contributed by atoms with E-state index in [1.807, 2.05) is 0 Å². The lowest BCUT2D eigenvalue weighted by molar-refractivity contribution is -0.662. The number of amides is 2. The first kappa shape index (κ1) is 27.9. The largest absolute Gasteiger partial charge is 0.451 e. The predicted octanol–water partition coefficient (Wildman–Crippen LogP) is 3.35. The number of alkyl halides is 3. The molecule has 40 heavy (non-hydrogen) atoms. The Morgan fingerprint density at radius 1 is 1.02 bits per heavy atom. The SMILES string of the molecule is C[C@@H](OC(=O)Nc1c(-c2ncc(NC(=O)c3cnc(C(F)(F)F)nc3)c[n+]2C)cnn1C)c1cc(F)cnc1F. The van der Waals surface area contributed by atoms with Crippen LogP contribution in [0.4, 0.5) is 38.3 Å². The van der Waals surface area contributed by atoms with E-state index in [0.717, 1.165) is 18.5 Å². The molecule has 2 amide bonds. The fraction of sp³-hybridized carbons (Fsp3) is 0.217. The van der Waals surface area contributed by atoms with E-state index in [-0.39, 0.29) is 28.5 Å². The van der Waals surface area contributed by atoms with Gasteiger partial charge < -0.3 is 10.1 Å². The lowest BCUT2D eigenvalue weighted by Gasteiger charge is -2.15. The summed E-state index contributed by atoms with van der Waals surface area (Å²) in [6.07, 6.45) is -0.584. The molecule has 0 fully saturated rings. The highest BCUT2D eigenvalue weighted by atomic mass is 19.4. The molecule has 2 N–H and O–H groups in total. The molecule has 208 valence electrons. The Labute approximate surface area is 221 Å². The molecular weight excluding hydrogens is 545 g/mol. The van der Waals surface area contributed by atoms with Crippen molar-refractivity contribution >= 4 is 23.5 Å². The first-order valence-corrected chi connectivity index (χ1v) is 11.2. The second kappa shape index (κ2) is 11.0.